The molecule has 0 saturated carbocycles. The van der Waals surface area contributed by atoms with Crippen molar-refractivity contribution in [3.63, 3.8) is 0 Å². The van der Waals surface area contributed by atoms with E-state index in [2.05, 4.69) is 47.2 Å². The number of aliphatic hydroxyl groups excluding tert-OH is 1. The van der Waals surface area contributed by atoms with Crippen molar-refractivity contribution in [3.8, 4) is 33.8 Å². The van der Waals surface area contributed by atoms with Gasteiger partial charge in [0.2, 0.25) is 5.88 Å². The van der Waals surface area contributed by atoms with Crippen LogP contribution in [0.4, 0.5) is 5.69 Å². The van der Waals surface area contributed by atoms with E-state index in [4.69, 9.17) is 32.9 Å². The summed E-state index contributed by atoms with van der Waals surface area (Å²) < 4.78 is 36.2. The number of nitrogens with zero attached hydrogens (tertiary/aromatic N) is 3. The maximum absolute atomic E-state index is 12.6. The second-order valence-electron chi connectivity index (χ2n) is 11.5. The van der Waals surface area contributed by atoms with E-state index in [0.717, 1.165) is 39.4 Å². The molecular weight excluding hydrogens is 679 g/mol. The molecule has 2 N–H and O–H groups in total. The highest BCUT2D eigenvalue weighted by Crippen LogP contribution is 2.33. The Labute approximate surface area is 294 Å². The summed E-state index contributed by atoms with van der Waals surface area (Å²) in [6, 6.07) is 38.9. The number of imidazole rings is 1. The molecule has 246 valence electrons. The average Bonchev–Trinajstić information content (AvgIpc) is 3.64. The van der Waals surface area contributed by atoms with Gasteiger partial charge in [0.1, 0.15) is 11.6 Å². The minimum atomic E-state index is -3.96. The van der Waals surface area contributed by atoms with Crippen LogP contribution in [0, 0.1) is 0 Å². The SMILES string of the molecule is O=S1(=O)NC(O)=CN1c1cccc(-n2cc(-c3ccc(Cl)cc3Cl)nc2Cc2ccc(-c3cccc(OCCc4ccccc4)c3)cc2)c1. The van der Waals surface area contributed by atoms with Crippen molar-refractivity contribution in [1.82, 2.24) is 14.3 Å². The van der Waals surface area contributed by atoms with E-state index < -0.39 is 16.1 Å². The summed E-state index contributed by atoms with van der Waals surface area (Å²) in [5.41, 5.74) is 6.72. The Balaban J connectivity index is 1.16. The Kier molecular flexibility index (Phi) is 9.05. The number of nitrogens with one attached hydrogen (secondary N) is 1. The highest BCUT2D eigenvalue weighted by atomic mass is 35.5. The zero-order valence-corrected chi connectivity index (χ0v) is 28.3. The molecule has 11 heteroatoms. The van der Waals surface area contributed by atoms with Crippen LogP contribution in [0.2, 0.25) is 10.0 Å². The first-order valence-corrected chi connectivity index (χ1v) is 17.6. The fourth-order valence-corrected chi connectivity index (χ4v) is 7.22. The van der Waals surface area contributed by atoms with E-state index in [1.807, 2.05) is 59.3 Å². The van der Waals surface area contributed by atoms with Crippen molar-refractivity contribution >= 4 is 39.1 Å². The van der Waals surface area contributed by atoms with Crippen LogP contribution in [-0.4, -0.2) is 29.7 Å². The monoisotopic (exact) mass is 708 g/mol. The molecule has 0 atom stereocenters. The number of ether oxygens (including phenoxy) is 1. The second-order valence-corrected chi connectivity index (χ2v) is 13.9. The molecule has 6 aromatic rings. The fourth-order valence-electron chi connectivity index (χ4n) is 5.67. The zero-order valence-electron chi connectivity index (χ0n) is 26.0. The van der Waals surface area contributed by atoms with E-state index in [9.17, 15) is 13.5 Å². The van der Waals surface area contributed by atoms with Gasteiger partial charge in [0.25, 0.3) is 0 Å². The summed E-state index contributed by atoms with van der Waals surface area (Å²) in [7, 11) is -3.96. The number of hydrogen-bond donors (Lipinski definition) is 2. The van der Waals surface area contributed by atoms with E-state index in [-0.39, 0.29) is 0 Å². The number of aromatic nitrogens is 2. The molecule has 49 heavy (non-hydrogen) atoms. The van der Waals surface area contributed by atoms with Crippen LogP contribution in [0.5, 0.6) is 5.75 Å². The van der Waals surface area contributed by atoms with Gasteiger partial charge in [-0.1, -0.05) is 96.0 Å². The Hall–Kier alpha value is -5.22. The van der Waals surface area contributed by atoms with Gasteiger partial charge in [-0.25, -0.2) is 14.0 Å². The third kappa shape index (κ3) is 7.29. The molecule has 7 rings (SSSR count). The second kappa shape index (κ2) is 13.7. The van der Waals surface area contributed by atoms with Gasteiger partial charge in [0, 0.05) is 35.3 Å². The first-order chi connectivity index (χ1) is 23.7. The van der Waals surface area contributed by atoms with Gasteiger partial charge in [-0.05, 0) is 70.8 Å². The first kappa shape index (κ1) is 32.3. The fraction of sp³-hybridized carbons (Fsp3) is 0.0789. The number of benzene rings is 5. The van der Waals surface area contributed by atoms with Gasteiger partial charge in [-0.15, -0.1) is 0 Å². The molecule has 5 aromatic carbocycles. The third-order valence-electron chi connectivity index (χ3n) is 8.07. The van der Waals surface area contributed by atoms with Crippen LogP contribution in [0.3, 0.4) is 0 Å². The highest BCUT2D eigenvalue weighted by molar-refractivity contribution is 7.91. The van der Waals surface area contributed by atoms with Crippen molar-refractivity contribution in [2.75, 3.05) is 10.9 Å². The molecule has 0 unspecified atom stereocenters. The lowest BCUT2D eigenvalue weighted by Crippen LogP contribution is -2.29. The lowest BCUT2D eigenvalue weighted by molar-refractivity contribution is 0.322. The number of rotatable bonds is 10. The Morgan fingerprint density at radius 3 is 2.31 bits per heavy atom. The summed E-state index contributed by atoms with van der Waals surface area (Å²) in [4.78, 5) is 4.98. The van der Waals surface area contributed by atoms with E-state index in [1.54, 1.807) is 30.3 Å². The highest BCUT2D eigenvalue weighted by Gasteiger charge is 2.29. The number of halogens is 2. The third-order valence-corrected chi connectivity index (χ3v) is 9.92. The van der Waals surface area contributed by atoms with Crippen molar-refractivity contribution in [1.29, 1.82) is 0 Å². The summed E-state index contributed by atoms with van der Waals surface area (Å²) in [6.07, 6.45) is 4.30. The number of anilines is 1. The summed E-state index contributed by atoms with van der Waals surface area (Å²) in [5, 5.41) is 10.8. The largest absolute Gasteiger partial charge is 0.493 e. The normalized spacial score (nSPS) is 13.6. The Morgan fingerprint density at radius 1 is 0.776 bits per heavy atom. The maximum Gasteiger partial charge on any atom is 0.330 e. The predicted octanol–water partition coefficient (Wildman–Crippen LogP) is 8.74. The minimum Gasteiger partial charge on any atom is -0.493 e. The van der Waals surface area contributed by atoms with Crippen LogP contribution in [-0.2, 0) is 23.1 Å². The van der Waals surface area contributed by atoms with Crippen LogP contribution in [0.15, 0.2) is 140 Å². The first-order valence-electron chi connectivity index (χ1n) is 15.4. The van der Waals surface area contributed by atoms with Gasteiger partial charge >= 0.3 is 10.2 Å². The molecule has 0 amide bonds. The molecule has 8 nitrogen and oxygen atoms in total. The van der Waals surface area contributed by atoms with Crippen molar-refractivity contribution in [3.05, 3.63) is 167 Å². The predicted molar refractivity (Wildman–Crippen MR) is 195 cm³/mol. The van der Waals surface area contributed by atoms with Gasteiger partial charge in [-0.2, -0.15) is 8.42 Å². The molecule has 0 fully saturated rings. The maximum atomic E-state index is 12.6. The molecule has 0 aliphatic carbocycles. The Morgan fingerprint density at radius 2 is 1.55 bits per heavy atom. The van der Waals surface area contributed by atoms with Gasteiger partial charge in [0.15, 0.2) is 0 Å². The standard InChI is InChI=1S/C38H30Cl2N4O4S/c39-30-16-17-34(35(40)22-30)36-24-43(31-9-5-10-32(23-31)44-25-38(45)42-49(44,46)47)37(41-36)20-27-12-14-28(15-13-27)29-8-4-11-33(21-29)48-19-18-26-6-2-1-3-7-26/h1-17,21-25,42,45H,18-20H2. The van der Waals surface area contributed by atoms with Crippen LogP contribution in [0.1, 0.15) is 17.0 Å². The van der Waals surface area contributed by atoms with Crippen LogP contribution >= 0.6 is 23.2 Å². The van der Waals surface area contributed by atoms with Crippen molar-refractivity contribution in [2.24, 2.45) is 0 Å². The zero-order chi connectivity index (χ0) is 34.0. The van der Waals surface area contributed by atoms with Crippen molar-refractivity contribution < 1.29 is 18.3 Å². The average molecular weight is 710 g/mol. The summed E-state index contributed by atoms with van der Waals surface area (Å²) in [5.74, 6) is 1.07. The van der Waals surface area contributed by atoms with Gasteiger partial charge in [0.05, 0.1) is 29.2 Å². The Bertz CT molecular complexity index is 2270. The molecule has 0 spiro atoms. The lowest BCUT2D eigenvalue weighted by Gasteiger charge is -2.16. The number of hydrogen-bond acceptors (Lipinski definition) is 5. The molecule has 1 aromatic heterocycles. The smallest absolute Gasteiger partial charge is 0.330 e. The topological polar surface area (TPSA) is 96.7 Å². The van der Waals surface area contributed by atoms with Crippen LogP contribution in [0.25, 0.3) is 28.1 Å². The molecule has 0 bridgehead atoms. The summed E-state index contributed by atoms with van der Waals surface area (Å²) >= 11 is 12.7. The molecule has 0 radical (unpaired) electrons. The van der Waals surface area contributed by atoms with E-state index >= 15 is 0 Å². The molecule has 2 heterocycles. The lowest BCUT2D eigenvalue weighted by atomic mass is 10.0. The minimum absolute atomic E-state index is 0.343. The van der Waals surface area contributed by atoms with E-state index in [0.29, 0.717) is 51.5 Å². The molecule has 0 saturated heterocycles. The van der Waals surface area contributed by atoms with Gasteiger partial charge in [-0.3, -0.25) is 0 Å². The van der Waals surface area contributed by atoms with Gasteiger partial charge < -0.3 is 14.4 Å². The quantitative estimate of drug-likeness (QED) is 0.148. The van der Waals surface area contributed by atoms with Crippen LogP contribution < -0.4 is 13.8 Å². The van der Waals surface area contributed by atoms with E-state index in [1.165, 1.54) is 5.56 Å². The molecule has 1 aliphatic rings. The molecular formula is C38H30Cl2N4O4S. The molecule has 1 aliphatic heterocycles. The number of aliphatic hydroxyl groups is 1. The summed E-state index contributed by atoms with van der Waals surface area (Å²) in [6.45, 7) is 0.592. The van der Waals surface area contributed by atoms with Crippen molar-refractivity contribution in [2.45, 2.75) is 12.8 Å².